The second-order valence-electron chi connectivity index (χ2n) is 3.62. The van der Waals surface area contributed by atoms with Crippen LogP contribution >= 0.6 is 24.0 Å². The van der Waals surface area contributed by atoms with E-state index in [0.717, 1.165) is 12.1 Å². The average molecular weight is 196 g/mol. The molecule has 2 aliphatic heterocycles. The highest BCUT2D eigenvalue weighted by atomic mass is 35.5. The molecular weight excluding hydrogens is 181 g/mol. The van der Waals surface area contributed by atoms with E-state index in [1.165, 1.54) is 25.7 Å². The molecule has 0 spiro atoms. The molecule has 2 bridgehead atoms. The van der Waals surface area contributed by atoms with E-state index in [1.54, 1.807) is 0 Å². The van der Waals surface area contributed by atoms with E-state index in [0.29, 0.717) is 5.38 Å². The van der Waals surface area contributed by atoms with Gasteiger partial charge < -0.3 is 4.90 Å². The molecule has 0 saturated carbocycles. The molecule has 0 aromatic heterocycles. The Balaban J connectivity index is 0.000000605. The summed E-state index contributed by atoms with van der Waals surface area (Å²) < 4.78 is 0. The number of piperidine rings is 1. The Morgan fingerprint density at radius 2 is 1.64 bits per heavy atom. The lowest BCUT2D eigenvalue weighted by molar-refractivity contribution is 0.181. The number of rotatable bonds is 0. The Labute approximate surface area is 79.5 Å². The highest BCUT2D eigenvalue weighted by Gasteiger charge is 2.37. The molecule has 0 N–H and O–H groups in total. The summed E-state index contributed by atoms with van der Waals surface area (Å²) in [5.74, 6) is 0. The van der Waals surface area contributed by atoms with Crippen molar-refractivity contribution in [1.29, 1.82) is 0 Å². The fourth-order valence-corrected chi connectivity index (χ4v) is 2.76. The maximum atomic E-state index is 6.08. The number of nitrogens with zero attached hydrogens (tertiary/aromatic N) is 1. The van der Waals surface area contributed by atoms with Crippen LogP contribution in [-0.2, 0) is 0 Å². The van der Waals surface area contributed by atoms with E-state index >= 15 is 0 Å². The number of alkyl halides is 1. The monoisotopic (exact) mass is 195 g/mol. The van der Waals surface area contributed by atoms with Crippen molar-refractivity contribution in [2.75, 3.05) is 7.05 Å². The highest BCUT2D eigenvalue weighted by molar-refractivity contribution is 6.20. The van der Waals surface area contributed by atoms with E-state index in [1.807, 2.05) is 0 Å². The zero-order chi connectivity index (χ0) is 7.14. The van der Waals surface area contributed by atoms with Gasteiger partial charge in [-0.1, -0.05) is 0 Å². The zero-order valence-electron chi connectivity index (χ0n) is 6.79. The summed E-state index contributed by atoms with van der Waals surface area (Å²) in [6.07, 6.45) is 5.19. The van der Waals surface area contributed by atoms with Crippen molar-refractivity contribution < 1.29 is 0 Å². The van der Waals surface area contributed by atoms with Crippen LogP contribution in [0.25, 0.3) is 0 Å². The summed E-state index contributed by atoms with van der Waals surface area (Å²) in [6.45, 7) is 0. The first-order valence-electron chi connectivity index (χ1n) is 4.13. The third-order valence-electron chi connectivity index (χ3n) is 3.04. The van der Waals surface area contributed by atoms with Gasteiger partial charge in [0.2, 0.25) is 0 Å². The molecule has 0 aromatic rings. The maximum Gasteiger partial charge on any atom is 0.0365 e. The molecule has 2 atom stereocenters. The molecule has 3 heteroatoms. The second kappa shape index (κ2) is 3.51. The van der Waals surface area contributed by atoms with Crippen LogP contribution in [0.3, 0.4) is 0 Å². The van der Waals surface area contributed by atoms with E-state index in [2.05, 4.69) is 11.9 Å². The van der Waals surface area contributed by atoms with Crippen molar-refractivity contribution in [3.05, 3.63) is 0 Å². The van der Waals surface area contributed by atoms with E-state index in [4.69, 9.17) is 11.6 Å². The zero-order valence-corrected chi connectivity index (χ0v) is 8.37. The minimum Gasteiger partial charge on any atom is -0.300 e. The van der Waals surface area contributed by atoms with Crippen LogP contribution in [0, 0.1) is 0 Å². The second-order valence-corrected chi connectivity index (χ2v) is 4.24. The van der Waals surface area contributed by atoms with Gasteiger partial charge in [-0.2, -0.15) is 0 Å². The molecule has 2 fully saturated rings. The molecule has 1 nitrogen and oxygen atoms in total. The van der Waals surface area contributed by atoms with Crippen molar-refractivity contribution in [3.8, 4) is 0 Å². The van der Waals surface area contributed by atoms with Crippen molar-refractivity contribution in [2.24, 2.45) is 0 Å². The first kappa shape index (κ1) is 9.63. The lowest BCUT2D eigenvalue weighted by Crippen LogP contribution is -2.40. The van der Waals surface area contributed by atoms with Gasteiger partial charge in [0.1, 0.15) is 0 Å². The van der Waals surface area contributed by atoms with Gasteiger partial charge in [0.05, 0.1) is 0 Å². The van der Waals surface area contributed by atoms with E-state index in [-0.39, 0.29) is 12.4 Å². The Hall–Kier alpha value is 0.540. The van der Waals surface area contributed by atoms with Crippen LogP contribution in [0.1, 0.15) is 25.7 Å². The Bertz CT molecular complexity index is 126. The quantitative estimate of drug-likeness (QED) is 0.537. The number of fused-ring (bicyclic) bond motifs is 2. The minimum atomic E-state index is 0. The molecule has 0 aliphatic carbocycles. The van der Waals surface area contributed by atoms with Crippen molar-refractivity contribution in [1.82, 2.24) is 4.90 Å². The molecular formula is C8H15Cl2N. The summed E-state index contributed by atoms with van der Waals surface area (Å²) in [5.41, 5.74) is 0. The summed E-state index contributed by atoms with van der Waals surface area (Å²) in [5, 5.41) is 0.466. The number of halogens is 2. The molecule has 2 unspecified atom stereocenters. The predicted octanol–water partition coefficient (Wildman–Crippen LogP) is 2.27. The summed E-state index contributed by atoms with van der Waals surface area (Å²) in [6, 6.07) is 1.61. The average Bonchev–Trinajstić information content (AvgIpc) is 2.20. The summed E-state index contributed by atoms with van der Waals surface area (Å²) >= 11 is 6.08. The van der Waals surface area contributed by atoms with E-state index < -0.39 is 0 Å². The van der Waals surface area contributed by atoms with Gasteiger partial charge in [0.15, 0.2) is 0 Å². The van der Waals surface area contributed by atoms with Gasteiger partial charge in [-0.05, 0) is 32.7 Å². The molecule has 11 heavy (non-hydrogen) atoms. The maximum absolute atomic E-state index is 6.08. The number of hydrogen-bond donors (Lipinski definition) is 0. The molecule has 66 valence electrons. The first-order chi connectivity index (χ1) is 4.77. The first-order valence-corrected chi connectivity index (χ1v) is 4.57. The molecule has 2 saturated heterocycles. The standard InChI is InChI=1S/C8H14ClN.ClH/c1-10-7-2-3-8(10)5-6(9)4-7;/h6-8H,2-5H2,1H3;1H. The molecule has 2 aliphatic rings. The lowest BCUT2D eigenvalue weighted by atomic mass is 10.0. The van der Waals surface area contributed by atoms with Crippen LogP contribution in [0.5, 0.6) is 0 Å². The van der Waals surface area contributed by atoms with Crippen LogP contribution in [-0.4, -0.2) is 29.4 Å². The minimum absolute atomic E-state index is 0. The lowest BCUT2D eigenvalue weighted by Gasteiger charge is -2.33. The third-order valence-corrected chi connectivity index (χ3v) is 3.40. The summed E-state index contributed by atoms with van der Waals surface area (Å²) in [4.78, 5) is 2.51. The van der Waals surface area contributed by atoms with Crippen molar-refractivity contribution in [2.45, 2.75) is 43.1 Å². The Morgan fingerprint density at radius 1 is 1.18 bits per heavy atom. The Kier molecular flexibility index (Phi) is 3.07. The molecule has 0 amide bonds. The fraction of sp³-hybridized carbons (Fsp3) is 1.00. The van der Waals surface area contributed by atoms with Crippen LogP contribution in [0.2, 0.25) is 0 Å². The largest absolute Gasteiger partial charge is 0.300 e. The summed E-state index contributed by atoms with van der Waals surface area (Å²) in [7, 11) is 2.24. The third kappa shape index (κ3) is 1.66. The van der Waals surface area contributed by atoms with Gasteiger partial charge >= 0.3 is 0 Å². The van der Waals surface area contributed by atoms with Crippen LogP contribution in [0.15, 0.2) is 0 Å². The van der Waals surface area contributed by atoms with Gasteiger partial charge in [-0.15, -0.1) is 24.0 Å². The fourth-order valence-electron chi connectivity index (χ4n) is 2.35. The van der Waals surface area contributed by atoms with E-state index in [9.17, 15) is 0 Å². The SMILES string of the molecule is CN1C2CCC1CC(Cl)C2.Cl. The van der Waals surface area contributed by atoms with Crippen molar-refractivity contribution in [3.63, 3.8) is 0 Å². The van der Waals surface area contributed by atoms with Gasteiger partial charge in [-0.25, -0.2) is 0 Å². The van der Waals surface area contributed by atoms with Crippen LogP contribution in [0.4, 0.5) is 0 Å². The topological polar surface area (TPSA) is 3.24 Å². The Morgan fingerprint density at radius 3 is 2.09 bits per heavy atom. The van der Waals surface area contributed by atoms with Gasteiger partial charge in [0, 0.05) is 17.5 Å². The molecule has 2 heterocycles. The van der Waals surface area contributed by atoms with Crippen LogP contribution < -0.4 is 0 Å². The highest BCUT2D eigenvalue weighted by Crippen LogP contribution is 2.36. The van der Waals surface area contributed by atoms with Crippen molar-refractivity contribution >= 4 is 24.0 Å². The molecule has 0 radical (unpaired) electrons. The smallest absolute Gasteiger partial charge is 0.0365 e. The predicted molar refractivity (Wildman–Crippen MR) is 50.7 cm³/mol. The number of hydrogen-bond acceptors (Lipinski definition) is 1. The molecule has 2 rings (SSSR count). The van der Waals surface area contributed by atoms with Gasteiger partial charge in [0.25, 0.3) is 0 Å². The molecule has 0 aromatic carbocycles. The van der Waals surface area contributed by atoms with Gasteiger partial charge in [-0.3, -0.25) is 0 Å². The normalized spacial score (nSPS) is 43.6.